The molecule has 0 aromatic heterocycles. The summed E-state index contributed by atoms with van der Waals surface area (Å²) < 4.78 is 0. The molecule has 2 aliphatic rings. The minimum absolute atomic E-state index is 0.0675. The lowest BCUT2D eigenvalue weighted by atomic mass is 9.71. The van der Waals surface area contributed by atoms with Crippen molar-refractivity contribution in [2.75, 3.05) is 0 Å². The largest absolute Gasteiger partial charge is 0.106 e. The highest BCUT2D eigenvalue weighted by atomic mass is 14.5. The summed E-state index contributed by atoms with van der Waals surface area (Å²) in [4.78, 5) is 0. The third-order valence-electron chi connectivity index (χ3n) is 7.34. The van der Waals surface area contributed by atoms with Crippen LogP contribution in [0, 0.1) is 0 Å². The molecule has 184 valence electrons. The van der Waals surface area contributed by atoms with Crippen molar-refractivity contribution in [3.63, 3.8) is 0 Å². The fourth-order valence-corrected chi connectivity index (χ4v) is 5.71. The summed E-state index contributed by atoms with van der Waals surface area (Å²) in [5.74, 6) is 0. The van der Waals surface area contributed by atoms with Gasteiger partial charge in [0, 0.05) is 5.41 Å². The van der Waals surface area contributed by atoms with E-state index in [1.54, 1.807) is 0 Å². The highest BCUT2D eigenvalue weighted by Gasteiger charge is 2.45. The van der Waals surface area contributed by atoms with Gasteiger partial charge >= 0.3 is 0 Å². The van der Waals surface area contributed by atoms with Crippen LogP contribution in [0.5, 0.6) is 0 Å². The van der Waals surface area contributed by atoms with Gasteiger partial charge in [0.05, 0.1) is 0 Å². The zero-order chi connectivity index (χ0) is 25.8. The maximum absolute atomic E-state index is 4.09. The van der Waals surface area contributed by atoms with Gasteiger partial charge in [-0.05, 0) is 83.7 Å². The molecule has 0 N–H and O–H groups in total. The van der Waals surface area contributed by atoms with Crippen LogP contribution in [0.1, 0.15) is 81.5 Å². The Morgan fingerprint density at radius 3 is 2.17 bits per heavy atom. The quantitative estimate of drug-likeness (QED) is 0.278. The average molecular weight is 465 g/mol. The van der Waals surface area contributed by atoms with Crippen molar-refractivity contribution in [3.8, 4) is 0 Å². The van der Waals surface area contributed by atoms with Crippen LogP contribution in [0.4, 0.5) is 0 Å². The van der Waals surface area contributed by atoms with Gasteiger partial charge in [0.25, 0.3) is 0 Å². The highest BCUT2D eigenvalue weighted by Crippen LogP contribution is 2.57. The summed E-state index contributed by atoms with van der Waals surface area (Å²) in [6.07, 6.45) is 27.5. The van der Waals surface area contributed by atoms with Gasteiger partial charge < -0.3 is 0 Å². The van der Waals surface area contributed by atoms with Crippen LogP contribution in [0.3, 0.4) is 0 Å². The van der Waals surface area contributed by atoms with Gasteiger partial charge in [-0.25, -0.2) is 0 Å². The molecule has 0 unspecified atom stereocenters. The first-order chi connectivity index (χ1) is 17.1. The Kier molecular flexibility index (Phi) is 11.0. The Bertz CT molecular complexity index is 1070. The zero-order valence-electron chi connectivity index (χ0n) is 22.3. The monoisotopic (exact) mass is 464 g/mol. The van der Waals surface area contributed by atoms with Crippen molar-refractivity contribution in [1.82, 2.24) is 0 Å². The van der Waals surface area contributed by atoms with E-state index in [1.165, 1.54) is 83.1 Å². The molecule has 0 nitrogen and oxygen atoms in total. The average Bonchev–Trinajstić information content (AvgIpc) is 3.03. The third kappa shape index (κ3) is 5.76. The zero-order valence-corrected chi connectivity index (χ0v) is 22.3. The first-order valence-corrected chi connectivity index (χ1v) is 13.0. The molecule has 1 aromatic rings. The molecule has 0 heteroatoms. The van der Waals surface area contributed by atoms with Gasteiger partial charge in [0.2, 0.25) is 0 Å². The van der Waals surface area contributed by atoms with Crippen molar-refractivity contribution in [2.24, 2.45) is 0 Å². The summed E-state index contributed by atoms with van der Waals surface area (Å²) in [5.41, 5.74) is 11.0. The van der Waals surface area contributed by atoms with E-state index in [-0.39, 0.29) is 5.41 Å². The number of rotatable bonds is 7. The van der Waals surface area contributed by atoms with E-state index in [0.717, 1.165) is 6.42 Å². The molecular weight excluding hydrogens is 420 g/mol. The summed E-state index contributed by atoms with van der Waals surface area (Å²) in [6.45, 7) is 24.5. The lowest BCUT2D eigenvalue weighted by Gasteiger charge is -2.32. The van der Waals surface area contributed by atoms with Crippen LogP contribution in [0.15, 0.2) is 111 Å². The minimum atomic E-state index is 0.0675. The van der Waals surface area contributed by atoms with Crippen LogP contribution in [0.2, 0.25) is 0 Å². The fourth-order valence-electron chi connectivity index (χ4n) is 5.71. The lowest BCUT2D eigenvalue weighted by molar-refractivity contribution is 0.456. The molecule has 1 fully saturated rings. The van der Waals surface area contributed by atoms with Crippen LogP contribution < -0.4 is 0 Å². The minimum Gasteiger partial charge on any atom is -0.106 e. The van der Waals surface area contributed by atoms with Crippen molar-refractivity contribution >= 4 is 11.1 Å². The van der Waals surface area contributed by atoms with Gasteiger partial charge in [-0.2, -0.15) is 0 Å². The highest BCUT2D eigenvalue weighted by molar-refractivity contribution is 5.93. The van der Waals surface area contributed by atoms with Gasteiger partial charge in [-0.15, -0.1) is 13.2 Å². The number of aryl methyl sites for hydroxylation is 1. The molecule has 0 bridgehead atoms. The molecule has 0 heterocycles. The van der Waals surface area contributed by atoms with E-state index >= 15 is 0 Å². The number of allylic oxidation sites excluding steroid dienone is 13. The third-order valence-corrected chi connectivity index (χ3v) is 7.34. The molecule has 1 aromatic carbocycles. The normalized spacial score (nSPS) is 19.9. The van der Waals surface area contributed by atoms with E-state index in [4.69, 9.17) is 0 Å². The first kappa shape index (κ1) is 28.1. The molecule has 1 saturated carbocycles. The maximum Gasteiger partial charge on any atom is 0.0215 e. The molecule has 1 spiro atoms. The standard InChI is InChI=1S/C33H40.C2H4/c1-7-12-15-20-28-30-23-26(11-5)29(27(18-8-2)25(6)10-4)24-32(30)33(31(28)19-9-3)21-16-13-14-17-22-33;1-2/h7-10,12,15,18-20,23-24H,1,3-4,11,13-14,16-17,21-22H2,2,5-6H3;1-2H2/b15-12+,18-8-,27-25+,28-20-,31-19-;. The lowest BCUT2D eigenvalue weighted by Crippen LogP contribution is -2.24. The van der Waals surface area contributed by atoms with E-state index in [9.17, 15) is 0 Å². The number of benzene rings is 1. The van der Waals surface area contributed by atoms with Crippen LogP contribution in [-0.2, 0) is 11.8 Å². The molecule has 0 amide bonds. The summed E-state index contributed by atoms with van der Waals surface area (Å²) in [7, 11) is 0. The fraction of sp³-hybridized carbons (Fsp3) is 0.314. The second-order valence-corrected chi connectivity index (χ2v) is 9.22. The smallest absolute Gasteiger partial charge is 0.0215 e. The molecule has 35 heavy (non-hydrogen) atoms. The Morgan fingerprint density at radius 1 is 0.943 bits per heavy atom. The summed E-state index contributed by atoms with van der Waals surface area (Å²) in [6, 6.07) is 4.99. The number of fused-ring (bicyclic) bond motifs is 2. The molecule has 0 atom stereocenters. The Morgan fingerprint density at radius 2 is 1.63 bits per heavy atom. The van der Waals surface area contributed by atoms with E-state index in [0.29, 0.717) is 0 Å². The molecule has 0 radical (unpaired) electrons. The molecule has 0 saturated heterocycles. The van der Waals surface area contributed by atoms with Crippen LogP contribution in [-0.4, -0.2) is 0 Å². The van der Waals surface area contributed by atoms with Gasteiger partial charge in [-0.1, -0.05) is 113 Å². The topological polar surface area (TPSA) is 0 Å². The first-order valence-electron chi connectivity index (χ1n) is 13.0. The van der Waals surface area contributed by atoms with E-state index in [2.05, 4.69) is 96.2 Å². The summed E-state index contributed by atoms with van der Waals surface area (Å²) in [5, 5.41) is 0. The number of hydrogen-bond acceptors (Lipinski definition) is 0. The van der Waals surface area contributed by atoms with E-state index in [1.807, 2.05) is 24.3 Å². The Hall–Kier alpha value is -3.12. The van der Waals surface area contributed by atoms with E-state index < -0.39 is 0 Å². The maximum atomic E-state index is 4.09. The van der Waals surface area contributed by atoms with Gasteiger partial charge in [0.15, 0.2) is 0 Å². The van der Waals surface area contributed by atoms with Crippen molar-refractivity contribution in [3.05, 3.63) is 133 Å². The Balaban J connectivity index is 0.00000210. The van der Waals surface area contributed by atoms with Gasteiger partial charge in [-0.3, -0.25) is 0 Å². The van der Waals surface area contributed by atoms with Crippen molar-refractivity contribution < 1.29 is 0 Å². The SMILES string of the molecule is C=C.C=C/C=C/C=C1\C(=C\C=C)C2(CCCCCC2)c2cc(C(/C=C\C)=C(\C)C=C)c(CC)cc21. The molecular formula is C35H44. The van der Waals surface area contributed by atoms with Crippen molar-refractivity contribution in [2.45, 2.75) is 71.1 Å². The summed E-state index contributed by atoms with van der Waals surface area (Å²) >= 11 is 0. The second-order valence-electron chi connectivity index (χ2n) is 9.22. The van der Waals surface area contributed by atoms with Crippen LogP contribution in [0.25, 0.3) is 11.1 Å². The molecule has 3 rings (SSSR count). The predicted octanol–water partition coefficient (Wildman–Crippen LogP) is 10.4. The van der Waals surface area contributed by atoms with Crippen molar-refractivity contribution in [1.29, 1.82) is 0 Å². The number of hydrogen-bond donors (Lipinski definition) is 0. The van der Waals surface area contributed by atoms with Gasteiger partial charge in [0.1, 0.15) is 0 Å². The predicted molar refractivity (Wildman–Crippen MR) is 160 cm³/mol. The molecule has 0 aliphatic heterocycles. The van der Waals surface area contributed by atoms with Crippen LogP contribution >= 0.6 is 0 Å². The Labute approximate surface area is 215 Å². The second kappa shape index (κ2) is 13.7. The molecule has 2 aliphatic carbocycles.